The van der Waals surface area contributed by atoms with Gasteiger partial charge in [-0.1, -0.05) is 29.3 Å². The van der Waals surface area contributed by atoms with Gasteiger partial charge in [-0.15, -0.1) is 0 Å². The number of hydrogen-bond donors (Lipinski definition) is 0. The number of epoxide rings is 1. The van der Waals surface area contributed by atoms with Gasteiger partial charge in [0.15, 0.2) is 9.84 Å². The Balaban J connectivity index is 1.91. The van der Waals surface area contributed by atoms with Crippen LogP contribution in [-0.2, 0) is 14.6 Å². The van der Waals surface area contributed by atoms with Crippen molar-refractivity contribution in [2.75, 3.05) is 5.75 Å². The normalized spacial score (nSPS) is 21.3. The highest BCUT2D eigenvalue weighted by molar-refractivity contribution is 7.91. The second kappa shape index (κ2) is 5.93. The lowest BCUT2D eigenvalue weighted by Gasteiger charge is -2.04. The molecule has 1 aromatic carbocycles. The Morgan fingerprint density at radius 3 is 2.38 bits per heavy atom. The summed E-state index contributed by atoms with van der Waals surface area (Å²) in [6.07, 6.45) is 3.98. The Labute approximate surface area is 127 Å². The smallest absolute Gasteiger partial charge is 0.181 e. The molecular formula is C17H24O3S. The minimum Gasteiger partial charge on any atom is -0.367 e. The molecule has 1 atom stereocenters. The number of allylic oxidation sites excluding steroid dienone is 1. The van der Waals surface area contributed by atoms with Gasteiger partial charge in [0.05, 0.1) is 22.4 Å². The fraction of sp³-hybridized carbons (Fsp3) is 0.529. The Morgan fingerprint density at radius 2 is 1.86 bits per heavy atom. The summed E-state index contributed by atoms with van der Waals surface area (Å²) in [6, 6.07) is 7.01. The van der Waals surface area contributed by atoms with Gasteiger partial charge in [-0.3, -0.25) is 0 Å². The Hall–Kier alpha value is -1.13. The average molecular weight is 308 g/mol. The molecule has 3 nitrogen and oxygen atoms in total. The van der Waals surface area contributed by atoms with Crippen molar-refractivity contribution in [1.82, 2.24) is 0 Å². The van der Waals surface area contributed by atoms with Crippen molar-refractivity contribution in [3.8, 4) is 0 Å². The molecule has 1 aromatic rings. The summed E-state index contributed by atoms with van der Waals surface area (Å²) < 4.78 is 30.0. The summed E-state index contributed by atoms with van der Waals surface area (Å²) in [7, 11) is -3.23. The van der Waals surface area contributed by atoms with Gasteiger partial charge in [0.1, 0.15) is 0 Å². The molecule has 0 N–H and O–H groups in total. The molecule has 1 aliphatic rings. The van der Waals surface area contributed by atoms with Crippen LogP contribution in [0.2, 0.25) is 0 Å². The van der Waals surface area contributed by atoms with Crippen LogP contribution in [0.4, 0.5) is 0 Å². The van der Waals surface area contributed by atoms with Crippen LogP contribution >= 0.6 is 0 Å². The molecule has 0 bridgehead atoms. The van der Waals surface area contributed by atoms with Gasteiger partial charge in [-0.25, -0.2) is 8.42 Å². The van der Waals surface area contributed by atoms with Crippen LogP contribution in [0.1, 0.15) is 39.2 Å². The van der Waals surface area contributed by atoms with Gasteiger partial charge in [0.2, 0.25) is 0 Å². The van der Waals surface area contributed by atoms with Crippen LogP contribution in [0, 0.1) is 6.92 Å². The van der Waals surface area contributed by atoms with Gasteiger partial charge in [0.25, 0.3) is 0 Å². The minimum atomic E-state index is -3.23. The average Bonchev–Trinajstić information content (AvgIpc) is 3.02. The summed E-state index contributed by atoms with van der Waals surface area (Å²) >= 11 is 0. The van der Waals surface area contributed by atoms with Crippen molar-refractivity contribution in [1.29, 1.82) is 0 Å². The van der Waals surface area contributed by atoms with E-state index >= 15 is 0 Å². The lowest BCUT2D eigenvalue weighted by molar-refractivity contribution is 0.320. The minimum absolute atomic E-state index is 0.00819. The van der Waals surface area contributed by atoms with Crippen molar-refractivity contribution in [3.05, 3.63) is 41.5 Å². The van der Waals surface area contributed by atoms with Crippen molar-refractivity contribution < 1.29 is 13.2 Å². The Bertz CT molecular complexity index is 625. The lowest BCUT2D eigenvalue weighted by Crippen LogP contribution is -2.06. The van der Waals surface area contributed by atoms with E-state index in [-0.39, 0.29) is 11.4 Å². The predicted molar refractivity (Wildman–Crippen MR) is 85.2 cm³/mol. The molecule has 1 saturated heterocycles. The first kappa shape index (κ1) is 16.2. The molecule has 1 fully saturated rings. The van der Waals surface area contributed by atoms with E-state index in [9.17, 15) is 8.42 Å². The first-order valence-electron chi connectivity index (χ1n) is 7.33. The van der Waals surface area contributed by atoms with Crippen LogP contribution in [0.15, 0.2) is 40.8 Å². The third-order valence-corrected chi connectivity index (χ3v) is 5.59. The van der Waals surface area contributed by atoms with Gasteiger partial charge in [0, 0.05) is 0 Å². The molecule has 1 heterocycles. The summed E-state index contributed by atoms with van der Waals surface area (Å²) in [5, 5.41) is 0. The third-order valence-electron chi connectivity index (χ3n) is 4.00. The summed E-state index contributed by atoms with van der Waals surface area (Å²) in [6.45, 7) is 8.10. The van der Waals surface area contributed by atoms with E-state index < -0.39 is 9.84 Å². The number of sulfone groups is 1. The maximum absolute atomic E-state index is 12.2. The highest BCUT2D eigenvalue weighted by Gasteiger charge is 2.46. The second-order valence-electron chi connectivity index (χ2n) is 6.39. The molecule has 0 radical (unpaired) electrons. The number of aryl methyl sites for hydroxylation is 1. The molecule has 1 aliphatic heterocycles. The molecule has 21 heavy (non-hydrogen) atoms. The molecular weight excluding hydrogens is 284 g/mol. The van der Waals surface area contributed by atoms with Crippen LogP contribution in [-0.4, -0.2) is 25.9 Å². The fourth-order valence-electron chi connectivity index (χ4n) is 2.29. The van der Waals surface area contributed by atoms with Crippen LogP contribution in [0.25, 0.3) is 0 Å². The topological polar surface area (TPSA) is 46.7 Å². The SMILES string of the molecule is C/C(=C\CS(=O)(=O)c1ccc(C)cc1)CCC1OC1(C)C. The maximum Gasteiger partial charge on any atom is 0.181 e. The molecule has 0 aromatic heterocycles. The first-order valence-corrected chi connectivity index (χ1v) is 8.99. The quantitative estimate of drug-likeness (QED) is 0.595. The molecule has 116 valence electrons. The summed E-state index contributed by atoms with van der Waals surface area (Å²) in [4.78, 5) is 0.392. The van der Waals surface area contributed by atoms with Crippen LogP contribution < -0.4 is 0 Å². The van der Waals surface area contributed by atoms with Crippen molar-refractivity contribution in [2.45, 2.75) is 57.1 Å². The van der Waals surface area contributed by atoms with E-state index in [0.29, 0.717) is 11.0 Å². The number of hydrogen-bond acceptors (Lipinski definition) is 3. The fourth-order valence-corrected chi connectivity index (χ4v) is 3.54. The zero-order chi connectivity index (χ0) is 15.7. The molecule has 1 unspecified atom stereocenters. The first-order chi connectivity index (χ1) is 9.71. The molecule has 0 amide bonds. The van der Waals surface area contributed by atoms with E-state index in [1.165, 1.54) is 0 Å². The van der Waals surface area contributed by atoms with Gasteiger partial charge in [-0.05, 0) is 52.7 Å². The Morgan fingerprint density at radius 1 is 1.29 bits per heavy atom. The zero-order valence-electron chi connectivity index (χ0n) is 13.2. The summed E-state index contributed by atoms with van der Waals surface area (Å²) in [5.74, 6) is 0.0663. The number of ether oxygens (including phenoxy) is 1. The number of benzene rings is 1. The molecule has 0 aliphatic carbocycles. The lowest BCUT2D eigenvalue weighted by atomic mass is 10.0. The van der Waals surface area contributed by atoms with Crippen molar-refractivity contribution in [3.63, 3.8) is 0 Å². The van der Waals surface area contributed by atoms with Crippen LogP contribution in [0.5, 0.6) is 0 Å². The Kier molecular flexibility index (Phi) is 4.59. The van der Waals surface area contributed by atoms with Crippen molar-refractivity contribution in [2.24, 2.45) is 0 Å². The van der Waals surface area contributed by atoms with E-state index in [4.69, 9.17) is 4.74 Å². The highest BCUT2D eigenvalue weighted by Crippen LogP contribution is 2.38. The van der Waals surface area contributed by atoms with Gasteiger partial charge in [-0.2, -0.15) is 0 Å². The summed E-state index contributed by atoms with van der Waals surface area (Å²) in [5.41, 5.74) is 2.18. The monoisotopic (exact) mass is 308 g/mol. The molecule has 0 saturated carbocycles. The molecule has 0 spiro atoms. The van der Waals surface area contributed by atoms with E-state index in [0.717, 1.165) is 24.0 Å². The third kappa shape index (κ3) is 4.42. The van der Waals surface area contributed by atoms with E-state index in [1.54, 1.807) is 12.1 Å². The van der Waals surface area contributed by atoms with Gasteiger partial charge < -0.3 is 4.74 Å². The largest absolute Gasteiger partial charge is 0.367 e. The maximum atomic E-state index is 12.2. The van der Waals surface area contributed by atoms with Crippen LogP contribution in [0.3, 0.4) is 0 Å². The molecule has 4 heteroatoms. The zero-order valence-corrected chi connectivity index (χ0v) is 14.0. The van der Waals surface area contributed by atoms with Crippen molar-refractivity contribution >= 4 is 9.84 Å². The van der Waals surface area contributed by atoms with E-state index in [1.807, 2.05) is 32.1 Å². The second-order valence-corrected chi connectivity index (χ2v) is 8.43. The predicted octanol–water partition coefficient (Wildman–Crippen LogP) is 3.67. The van der Waals surface area contributed by atoms with Gasteiger partial charge >= 0.3 is 0 Å². The highest BCUT2D eigenvalue weighted by atomic mass is 32.2. The number of rotatable bonds is 6. The molecule has 2 rings (SSSR count). The van der Waals surface area contributed by atoms with E-state index in [2.05, 4.69) is 13.8 Å². The standard InChI is InChI=1S/C17H24O3S/c1-13-5-8-15(9-6-13)21(18,19)12-11-14(2)7-10-16-17(3,4)20-16/h5-6,8-9,11,16H,7,10,12H2,1-4H3/b14-11+.